The molecule has 78 valence electrons. The van der Waals surface area contributed by atoms with Crippen LogP contribution in [0, 0.1) is 0 Å². The molecule has 13 heavy (non-hydrogen) atoms. The zero-order chi connectivity index (χ0) is 9.90. The number of hydrogen-bond donors (Lipinski definition) is 2. The van der Waals surface area contributed by atoms with E-state index in [9.17, 15) is 8.42 Å². The van der Waals surface area contributed by atoms with Crippen molar-refractivity contribution in [2.45, 2.75) is 19.9 Å². The van der Waals surface area contributed by atoms with E-state index in [2.05, 4.69) is 10.0 Å². The Hall–Kier alpha value is -0.170. The number of rotatable bonds is 3. The van der Waals surface area contributed by atoms with Gasteiger partial charge in [0.15, 0.2) is 0 Å². The molecule has 1 rings (SSSR count). The van der Waals surface area contributed by atoms with Gasteiger partial charge in [-0.15, -0.1) is 0 Å². The SMILES string of the molecule is CCNS(=O)(=O)N1CCN[C@@H](C)C1. The van der Waals surface area contributed by atoms with Crippen LogP contribution in [0.5, 0.6) is 0 Å². The van der Waals surface area contributed by atoms with Crippen molar-refractivity contribution >= 4 is 10.2 Å². The van der Waals surface area contributed by atoms with E-state index in [1.807, 2.05) is 6.92 Å². The van der Waals surface area contributed by atoms with E-state index in [-0.39, 0.29) is 6.04 Å². The van der Waals surface area contributed by atoms with Gasteiger partial charge in [-0.25, -0.2) is 4.72 Å². The Morgan fingerprint density at radius 1 is 1.62 bits per heavy atom. The van der Waals surface area contributed by atoms with Crippen LogP contribution in [-0.4, -0.2) is 44.9 Å². The molecular weight excluding hydrogens is 190 g/mol. The zero-order valence-electron chi connectivity index (χ0n) is 8.08. The molecule has 1 atom stereocenters. The second kappa shape index (κ2) is 4.36. The van der Waals surface area contributed by atoms with Crippen LogP contribution >= 0.6 is 0 Å². The summed E-state index contributed by atoms with van der Waals surface area (Å²) in [7, 11) is -3.22. The van der Waals surface area contributed by atoms with Gasteiger partial charge in [0.2, 0.25) is 0 Å². The fourth-order valence-electron chi connectivity index (χ4n) is 1.39. The third-order valence-corrected chi connectivity index (χ3v) is 3.66. The van der Waals surface area contributed by atoms with E-state index in [4.69, 9.17) is 0 Å². The van der Waals surface area contributed by atoms with Crippen molar-refractivity contribution in [3.63, 3.8) is 0 Å². The quantitative estimate of drug-likeness (QED) is 0.633. The summed E-state index contributed by atoms with van der Waals surface area (Å²) < 4.78 is 27.0. The monoisotopic (exact) mass is 207 g/mol. The van der Waals surface area contributed by atoms with Crippen molar-refractivity contribution in [3.8, 4) is 0 Å². The van der Waals surface area contributed by atoms with Crippen LogP contribution in [0.15, 0.2) is 0 Å². The van der Waals surface area contributed by atoms with Crippen LogP contribution in [0.25, 0.3) is 0 Å². The largest absolute Gasteiger partial charge is 0.312 e. The highest BCUT2D eigenvalue weighted by molar-refractivity contribution is 7.87. The van der Waals surface area contributed by atoms with Gasteiger partial charge in [-0.2, -0.15) is 12.7 Å². The molecule has 1 heterocycles. The summed E-state index contributed by atoms with van der Waals surface area (Å²) in [5.74, 6) is 0. The van der Waals surface area contributed by atoms with E-state index in [0.29, 0.717) is 19.6 Å². The van der Waals surface area contributed by atoms with Crippen LogP contribution in [0.1, 0.15) is 13.8 Å². The molecule has 6 heteroatoms. The number of nitrogens with one attached hydrogen (secondary N) is 2. The molecule has 0 aliphatic carbocycles. The van der Waals surface area contributed by atoms with Gasteiger partial charge < -0.3 is 5.32 Å². The van der Waals surface area contributed by atoms with Crippen LogP contribution in [0.2, 0.25) is 0 Å². The fraction of sp³-hybridized carbons (Fsp3) is 1.00. The van der Waals surface area contributed by atoms with Crippen LogP contribution < -0.4 is 10.0 Å². The van der Waals surface area contributed by atoms with Gasteiger partial charge in [0.25, 0.3) is 10.2 Å². The van der Waals surface area contributed by atoms with Gasteiger partial charge in [0.1, 0.15) is 0 Å². The minimum atomic E-state index is -3.22. The average molecular weight is 207 g/mol. The molecule has 0 bridgehead atoms. The van der Waals surface area contributed by atoms with Gasteiger partial charge in [-0.05, 0) is 6.92 Å². The Balaban J connectivity index is 2.60. The molecule has 2 N–H and O–H groups in total. The Labute approximate surface area is 79.7 Å². The van der Waals surface area contributed by atoms with E-state index >= 15 is 0 Å². The van der Waals surface area contributed by atoms with Crippen molar-refractivity contribution in [1.29, 1.82) is 0 Å². The van der Waals surface area contributed by atoms with Crippen LogP contribution in [-0.2, 0) is 10.2 Å². The molecule has 0 aromatic carbocycles. The number of piperazine rings is 1. The maximum atomic E-state index is 11.5. The smallest absolute Gasteiger partial charge is 0.279 e. The van der Waals surface area contributed by atoms with E-state index in [1.54, 1.807) is 6.92 Å². The normalized spacial score (nSPS) is 26.2. The lowest BCUT2D eigenvalue weighted by Gasteiger charge is -2.30. The van der Waals surface area contributed by atoms with Crippen molar-refractivity contribution in [1.82, 2.24) is 14.3 Å². The summed E-state index contributed by atoms with van der Waals surface area (Å²) in [5.41, 5.74) is 0. The first-order valence-corrected chi connectivity index (χ1v) is 5.98. The lowest BCUT2D eigenvalue weighted by atomic mass is 10.3. The lowest BCUT2D eigenvalue weighted by molar-refractivity contribution is 0.307. The summed E-state index contributed by atoms with van der Waals surface area (Å²) >= 11 is 0. The first kappa shape index (κ1) is 10.9. The second-order valence-electron chi connectivity index (χ2n) is 3.22. The number of nitrogens with zero attached hydrogens (tertiary/aromatic N) is 1. The highest BCUT2D eigenvalue weighted by atomic mass is 32.2. The molecule has 5 nitrogen and oxygen atoms in total. The van der Waals surface area contributed by atoms with Gasteiger partial charge in [0, 0.05) is 32.2 Å². The molecule has 1 fully saturated rings. The van der Waals surface area contributed by atoms with Gasteiger partial charge >= 0.3 is 0 Å². The summed E-state index contributed by atoms with van der Waals surface area (Å²) in [6.07, 6.45) is 0. The van der Waals surface area contributed by atoms with Crippen molar-refractivity contribution in [3.05, 3.63) is 0 Å². The number of hydrogen-bond acceptors (Lipinski definition) is 3. The topological polar surface area (TPSA) is 61.4 Å². The average Bonchev–Trinajstić information content (AvgIpc) is 2.04. The molecule has 0 aromatic rings. The maximum absolute atomic E-state index is 11.5. The van der Waals surface area contributed by atoms with Crippen LogP contribution in [0.3, 0.4) is 0 Å². The molecule has 1 aliphatic rings. The van der Waals surface area contributed by atoms with Crippen LogP contribution in [0.4, 0.5) is 0 Å². The second-order valence-corrected chi connectivity index (χ2v) is 4.97. The summed E-state index contributed by atoms with van der Waals surface area (Å²) in [6.45, 7) is 6.04. The Kier molecular flexibility index (Phi) is 3.66. The molecule has 1 aliphatic heterocycles. The first-order valence-electron chi connectivity index (χ1n) is 4.54. The van der Waals surface area contributed by atoms with Gasteiger partial charge in [0.05, 0.1) is 0 Å². The molecule has 0 aromatic heterocycles. The maximum Gasteiger partial charge on any atom is 0.279 e. The predicted molar refractivity (Wildman–Crippen MR) is 51.6 cm³/mol. The fourth-order valence-corrected chi connectivity index (χ4v) is 2.69. The molecule has 0 amide bonds. The Morgan fingerprint density at radius 2 is 2.31 bits per heavy atom. The molecule has 0 saturated carbocycles. The highest BCUT2D eigenvalue weighted by Gasteiger charge is 2.25. The summed E-state index contributed by atoms with van der Waals surface area (Å²) in [5, 5.41) is 3.19. The van der Waals surface area contributed by atoms with E-state index in [1.165, 1.54) is 4.31 Å². The Bertz CT molecular complexity index is 252. The Morgan fingerprint density at radius 3 is 2.85 bits per heavy atom. The minimum Gasteiger partial charge on any atom is -0.312 e. The van der Waals surface area contributed by atoms with E-state index < -0.39 is 10.2 Å². The first-order chi connectivity index (χ1) is 6.06. The van der Waals surface area contributed by atoms with Crippen molar-refractivity contribution < 1.29 is 8.42 Å². The predicted octanol–water partition coefficient (Wildman–Crippen LogP) is -0.866. The molecule has 1 saturated heterocycles. The highest BCUT2D eigenvalue weighted by Crippen LogP contribution is 2.03. The van der Waals surface area contributed by atoms with Crippen molar-refractivity contribution in [2.24, 2.45) is 0 Å². The summed E-state index contributed by atoms with van der Waals surface area (Å²) in [6, 6.07) is 0.238. The van der Waals surface area contributed by atoms with E-state index in [0.717, 1.165) is 6.54 Å². The molecule has 0 radical (unpaired) electrons. The molecule has 0 spiro atoms. The third-order valence-electron chi connectivity index (χ3n) is 2.00. The van der Waals surface area contributed by atoms with Crippen molar-refractivity contribution in [2.75, 3.05) is 26.2 Å². The van der Waals surface area contributed by atoms with Gasteiger partial charge in [-0.1, -0.05) is 6.92 Å². The standard InChI is InChI=1S/C7H17N3O2S/c1-3-9-13(11,12)10-5-4-8-7(2)6-10/h7-9H,3-6H2,1-2H3/t7-/m0/s1. The minimum absolute atomic E-state index is 0.238. The third kappa shape index (κ3) is 2.91. The van der Waals surface area contributed by atoms with Gasteiger partial charge in [-0.3, -0.25) is 0 Å². The zero-order valence-corrected chi connectivity index (χ0v) is 8.89. The molecular formula is C7H17N3O2S. The molecule has 0 unspecified atom stereocenters. The lowest BCUT2D eigenvalue weighted by Crippen LogP contribution is -2.54. The summed E-state index contributed by atoms with van der Waals surface area (Å²) in [4.78, 5) is 0.